The van der Waals surface area contributed by atoms with Crippen molar-refractivity contribution in [3.63, 3.8) is 0 Å². The fraction of sp³-hybridized carbons (Fsp3) is 0.571. The Bertz CT molecular complexity index is 378. The lowest BCUT2D eigenvalue weighted by molar-refractivity contribution is 0.0347. The van der Waals surface area contributed by atoms with Gasteiger partial charge in [-0.2, -0.15) is 0 Å². The quantitative estimate of drug-likeness (QED) is 0.625. The number of halogens is 1. The molecule has 0 spiro atoms. The Kier molecular flexibility index (Phi) is 4.81. The molecule has 1 aliphatic rings. The Balaban J connectivity index is 1.68. The molecular weight excluding hydrogens is 231 g/mol. The molecule has 0 aliphatic heterocycles. The van der Waals surface area contributed by atoms with Crippen LogP contribution in [0.15, 0.2) is 18.2 Å². The zero-order valence-corrected chi connectivity index (χ0v) is 10.6. The van der Waals surface area contributed by atoms with Crippen LogP contribution in [0.2, 0.25) is 0 Å². The summed E-state index contributed by atoms with van der Waals surface area (Å²) in [7, 11) is 0. The Morgan fingerprint density at radius 2 is 2.06 bits per heavy atom. The highest BCUT2D eigenvalue weighted by Gasteiger charge is 2.13. The van der Waals surface area contributed by atoms with Gasteiger partial charge in [0.05, 0.1) is 18.4 Å². The molecule has 2 rings (SSSR count). The van der Waals surface area contributed by atoms with E-state index in [-0.39, 0.29) is 5.82 Å². The van der Waals surface area contributed by atoms with Gasteiger partial charge >= 0.3 is 0 Å². The van der Waals surface area contributed by atoms with E-state index < -0.39 is 0 Å². The van der Waals surface area contributed by atoms with Gasteiger partial charge in [0.1, 0.15) is 5.82 Å². The predicted octanol–water partition coefficient (Wildman–Crippen LogP) is 3.17. The van der Waals surface area contributed by atoms with E-state index >= 15 is 0 Å². The van der Waals surface area contributed by atoms with Crippen LogP contribution >= 0.6 is 0 Å². The van der Waals surface area contributed by atoms with Gasteiger partial charge in [0.15, 0.2) is 0 Å². The summed E-state index contributed by atoms with van der Waals surface area (Å²) >= 11 is 0. The zero-order chi connectivity index (χ0) is 12.8. The van der Waals surface area contributed by atoms with Crippen LogP contribution in [-0.2, 0) is 4.74 Å². The minimum absolute atomic E-state index is 0.312. The molecule has 0 radical (unpaired) electrons. The number of nitrogen functional groups attached to an aromatic ring is 1. The summed E-state index contributed by atoms with van der Waals surface area (Å²) in [6, 6.07) is 4.67. The van der Waals surface area contributed by atoms with Crippen molar-refractivity contribution in [1.29, 1.82) is 0 Å². The molecule has 0 aromatic heterocycles. The van der Waals surface area contributed by atoms with Crippen LogP contribution in [0.1, 0.15) is 32.1 Å². The van der Waals surface area contributed by atoms with Crippen molar-refractivity contribution in [2.45, 2.75) is 38.2 Å². The Hall–Kier alpha value is -1.29. The molecule has 0 atom stereocenters. The lowest BCUT2D eigenvalue weighted by Gasteiger charge is -2.22. The second-order valence-electron chi connectivity index (χ2n) is 4.80. The third-order valence-corrected chi connectivity index (χ3v) is 3.32. The third kappa shape index (κ3) is 3.88. The molecule has 18 heavy (non-hydrogen) atoms. The second kappa shape index (κ2) is 6.59. The molecule has 3 nitrogen and oxygen atoms in total. The highest BCUT2D eigenvalue weighted by atomic mass is 19.1. The van der Waals surface area contributed by atoms with E-state index in [2.05, 4.69) is 5.32 Å². The van der Waals surface area contributed by atoms with Crippen LogP contribution in [-0.4, -0.2) is 19.3 Å². The first kappa shape index (κ1) is 13.1. The van der Waals surface area contributed by atoms with Crippen LogP contribution in [0, 0.1) is 5.82 Å². The third-order valence-electron chi connectivity index (χ3n) is 3.32. The van der Waals surface area contributed by atoms with Gasteiger partial charge in [-0.05, 0) is 31.0 Å². The van der Waals surface area contributed by atoms with E-state index in [0.29, 0.717) is 30.6 Å². The summed E-state index contributed by atoms with van der Waals surface area (Å²) in [6.45, 7) is 1.24. The highest BCUT2D eigenvalue weighted by molar-refractivity contribution is 5.52. The first-order valence-electron chi connectivity index (χ1n) is 6.66. The first-order valence-corrected chi connectivity index (χ1v) is 6.66. The number of hydrogen-bond acceptors (Lipinski definition) is 3. The smallest absolute Gasteiger partial charge is 0.148 e. The molecule has 0 bridgehead atoms. The molecule has 1 aliphatic carbocycles. The van der Waals surface area contributed by atoms with Crippen LogP contribution in [0.5, 0.6) is 0 Å². The molecule has 1 aromatic carbocycles. The summed E-state index contributed by atoms with van der Waals surface area (Å²) in [5, 5.41) is 3.02. The van der Waals surface area contributed by atoms with Crippen molar-refractivity contribution in [2.75, 3.05) is 24.2 Å². The maximum Gasteiger partial charge on any atom is 0.148 e. The minimum atomic E-state index is -0.312. The zero-order valence-electron chi connectivity index (χ0n) is 10.6. The molecule has 0 amide bonds. The number of benzene rings is 1. The van der Waals surface area contributed by atoms with E-state index in [9.17, 15) is 4.39 Å². The maximum atomic E-state index is 13.4. The fourth-order valence-corrected chi connectivity index (χ4v) is 2.32. The molecule has 0 heterocycles. The topological polar surface area (TPSA) is 47.3 Å². The van der Waals surface area contributed by atoms with Crippen LogP contribution in [0.25, 0.3) is 0 Å². The highest BCUT2D eigenvalue weighted by Crippen LogP contribution is 2.20. The lowest BCUT2D eigenvalue weighted by Crippen LogP contribution is -2.20. The largest absolute Gasteiger partial charge is 0.399 e. The number of nitrogens with two attached hydrogens (primary N) is 1. The first-order chi connectivity index (χ1) is 8.75. The van der Waals surface area contributed by atoms with Crippen molar-refractivity contribution in [3.05, 3.63) is 24.0 Å². The Labute approximate surface area is 108 Å². The summed E-state index contributed by atoms with van der Waals surface area (Å²) < 4.78 is 19.2. The minimum Gasteiger partial charge on any atom is -0.399 e. The molecule has 1 saturated carbocycles. The Morgan fingerprint density at radius 1 is 1.28 bits per heavy atom. The second-order valence-corrected chi connectivity index (χ2v) is 4.80. The fourth-order valence-electron chi connectivity index (χ4n) is 2.32. The van der Waals surface area contributed by atoms with E-state index in [4.69, 9.17) is 10.5 Å². The van der Waals surface area contributed by atoms with Crippen LogP contribution < -0.4 is 11.1 Å². The number of hydrogen-bond donors (Lipinski definition) is 2. The number of anilines is 2. The van der Waals surface area contributed by atoms with Crippen molar-refractivity contribution in [1.82, 2.24) is 0 Å². The molecule has 3 N–H and O–H groups in total. The van der Waals surface area contributed by atoms with E-state index in [1.165, 1.54) is 25.3 Å². The van der Waals surface area contributed by atoms with Crippen LogP contribution in [0.4, 0.5) is 15.8 Å². The van der Waals surface area contributed by atoms with Gasteiger partial charge in [-0.1, -0.05) is 19.3 Å². The van der Waals surface area contributed by atoms with Crippen LogP contribution in [0.3, 0.4) is 0 Å². The van der Waals surface area contributed by atoms with Gasteiger partial charge in [-0.15, -0.1) is 0 Å². The lowest BCUT2D eigenvalue weighted by atomic mass is 9.98. The predicted molar refractivity (Wildman–Crippen MR) is 72.1 cm³/mol. The van der Waals surface area contributed by atoms with Gasteiger partial charge in [0.25, 0.3) is 0 Å². The molecule has 1 aromatic rings. The average Bonchev–Trinajstić information content (AvgIpc) is 2.38. The molecule has 100 valence electrons. The van der Waals surface area contributed by atoms with Crippen molar-refractivity contribution in [2.24, 2.45) is 0 Å². The molecule has 4 heteroatoms. The van der Waals surface area contributed by atoms with E-state index in [1.807, 2.05) is 0 Å². The van der Waals surface area contributed by atoms with Gasteiger partial charge in [-0.3, -0.25) is 0 Å². The molecule has 0 unspecified atom stereocenters. The summed E-state index contributed by atoms with van der Waals surface area (Å²) in [4.78, 5) is 0. The number of ether oxygens (including phenoxy) is 1. The van der Waals surface area contributed by atoms with Crippen molar-refractivity contribution >= 4 is 11.4 Å². The summed E-state index contributed by atoms with van der Waals surface area (Å²) in [6.07, 6.45) is 6.59. The maximum absolute atomic E-state index is 13.4. The van der Waals surface area contributed by atoms with Gasteiger partial charge in [0, 0.05) is 12.2 Å². The standard InChI is InChI=1S/C14H21FN2O/c15-13-10-11(16)6-7-14(13)17-8-9-18-12-4-2-1-3-5-12/h6-7,10,12,17H,1-5,8-9,16H2. The van der Waals surface area contributed by atoms with Gasteiger partial charge in [0.2, 0.25) is 0 Å². The average molecular weight is 252 g/mol. The van der Waals surface area contributed by atoms with Gasteiger partial charge < -0.3 is 15.8 Å². The Morgan fingerprint density at radius 3 is 2.78 bits per heavy atom. The number of rotatable bonds is 5. The molecular formula is C14H21FN2O. The van der Waals surface area contributed by atoms with Gasteiger partial charge in [-0.25, -0.2) is 4.39 Å². The monoisotopic (exact) mass is 252 g/mol. The molecule has 0 saturated heterocycles. The van der Waals surface area contributed by atoms with E-state index in [0.717, 1.165) is 12.8 Å². The summed E-state index contributed by atoms with van der Waals surface area (Å²) in [5.74, 6) is -0.312. The normalized spacial score (nSPS) is 16.7. The summed E-state index contributed by atoms with van der Waals surface area (Å²) in [5.41, 5.74) is 6.41. The SMILES string of the molecule is Nc1ccc(NCCOC2CCCCC2)c(F)c1. The van der Waals surface area contributed by atoms with E-state index in [1.54, 1.807) is 12.1 Å². The molecule has 1 fully saturated rings. The number of nitrogens with one attached hydrogen (secondary N) is 1. The van der Waals surface area contributed by atoms with Crippen molar-refractivity contribution in [3.8, 4) is 0 Å². The van der Waals surface area contributed by atoms with Crippen molar-refractivity contribution < 1.29 is 9.13 Å².